The molecule has 0 amide bonds. The number of carbonyl (C=O) groups is 1. The quantitative estimate of drug-likeness (QED) is 0.789. The standard InChI is InChI=1S/C11H9NO5/c13-9(14)11(4-16-5-11)6-1-2-7-8(3-6)17-10(15)12-7/h1-3H,4-5H2,(H,12,15)(H,13,14). The van der Waals surface area contributed by atoms with Gasteiger partial charge in [0.25, 0.3) is 0 Å². The van der Waals surface area contributed by atoms with Crippen molar-refractivity contribution < 1.29 is 19.1 Å². The van der Waals surface area contributed by atoms with E-state index >= 15 is 0 Å². The molecule has 0 saturated carbocycles. The van der Waals surface area contributed by atoms with Gasteiger partial charge >= 0.3 is 11.7 Å². The summed E-state index contributed by atoms with van der Waals surface area (Å²) in [4.78, 5) is 24.8. The van der Waals surface area contributed by atoms with Crippen LogP contribution in [0.1, 0.15) is 5.56 Å². The van der Waals surface area contributed by atoms with Gasteiger partial charge in [-0.25, -0.2) is 4.79 Å². The van der Waals surface area contributed by atoms with Crippen LogP contribution in [-0.4, -0.2) is 29.3 Å². The van der Waals surface area contributed by atoms with Crippen molar-refractivity contribution in [3.05, 3.63) is 34.3 Å². The largest absolute Gasteiger partial charge is 0.480 e. The van der Waals surface area contributed by atoms with E-state index in [-0.39, 0.29) is 13.2 Å². The van der Waals surface area contributed by atoms with E-state index in [1.807, 2.05) is 0 Å². The predicted molar refractivity (Wildman–Crippen MR) is 57.0 cm³/mol. The maximum absolute atomic E-state index is 11.3. The molecule has 2 aromatic rings. The number of hydrogen-bond donors (Lipinski definition) is 2. The smallest absolute Gasteiger partial charge is 0.417 e. The van der Waals surface area contributed by atoms with Gasteiger partial charge in [0.05, 0.1) is 18.7 Å². The fourth-order valence-electron chi connectivity index (χ4n) is 1.96. The molecule has 0 unspecified atom stereocenters. The molecule has 1 saturated heterocycles. The minimum Gasteiger partial charge on any atom is -0.480 e. The highest BCUT2D eigenvalue weighted by Gasteiger charge is 2.48. The minimum atomic E-state index is -1.01. The molecule has 1 aliphatic rings. The van der Waals surface area contributed by atoms with Crippen LogP contribution in [-0.2, 0) is 14.9 Å². The molecule has 0 aliphatic carbocycles. The Morgan fingerprint density at radius 3 is 2.76 bits per heavy atom. The number of oxazole rings is 1. The molecule has 1 aromatic carbocycles. The number of ether oxygens (including phenoxy) is 1. The maximum atomic E-state index is 11.3. The fourth-order valence-corrected chi connectivity index (χ4v) is 1.96. The molecule has 6 nitrogen and oxygen atoms in total. The van der Waals surface area contributed by atoms with Gasteiger partial charge in [0.15, 0.2) is 5.58 Å². The predicted octanol–water partition coefficient (Wildman–Crippen LogP) is 0.474. The topological polar surface area (TPSA) is 92.5 Å². The number of hydrogen-bond acceptors (Lipinski definition) is 4. The summed E-state index contributed by atoms with van der Waals surface area (Å²) >= 11 is 0. The molecule has 0 bridgehead atoms. The normalized spacial score (nSPS) is 17.9. The highest BCUT2D eigenvalue weighted by atomic mass is 16.5. The molecular weight excluding hydrogens is 226 g/mol. The number of nitrogens with one attached hydrogen (secondary N) is 1. The van der Waals surface area contributed by atoms with Crippen LogP contribution in [0, 0.1) is 0 Å². The van der Waals surface area contributed by atoms with E-state index in [2.05, 4.69) is 4.98 Å². The molecule has 6 heteroatoms. The van der Waals surface area contributed by atoms with Crippen LogP contribution in [0.2, 0.25) is 0 Å². The monoisotopic (exact) mass is 235 g/mol. The van der Waals surface area contributed by atoms with Gasteiger partial charge < -0.3 is 14.3 Å². The Morgan fingerprint density at radius 2 is 2.18 bits per heavy atom. The maximum Gasteiger partial charge on any atom is 0.417 e. The van der Waals surface area contributed by atoms with Crippen LogP contribution in [0.15, 0.2) is 27.4 Å². The van der Waals surface area contributed by atoms with Gasteiger partial charge in [-0.1, -0.05) is 6.07 Å². The Morgan fingerprint density at radius 1 is 1.41 bits per heavy atom. The number of aromatic nitrogens is 1. The molecule has 0 radical (unpaired) electrons. The second-order valence-corrected chi connectivity index (χ2v) is 4.11. The van der Waals surface area contributed by atoms with Gasteiger partial charge in [-0.05, 0) is 17.7 Å². The summed E-state index contributed by atoms with van der Waals surface area (Å²) in [6.07, 6.45) is 0. The Hall–Kier alpha value is -2.08. The number of fused-ring (bicyclic) bond motifs is 1. The molecular formula is C11H9NO5. The minimum absolute atomic E-state index is 0.141. The summed E-state index contributed by atoms with van der Waals surface area (Å²) in [5.74, 6) is -1.48. The summed E-state index contributed by atoms with van der Waals surface area (Å²) in [5.41, 5.74) is 0.496. The van der Waals surface area contributed by atoms with Crippen molar-refractivity contribution in [2.75, 3.05) is 13.2 Å². The van der Waals surface area contributed by atoms with Crippen molar-refractivity contribution in [1.82, 2.24) is 4.98 Å². The molecule has 2 heterocycles. The highest BCUT2D eigenvalue weighted by molar-refractivity contribution is 5.85. The van der Waals surface area contributed by atoms with Gasteiger partial charge in [0.2, 0.25) is 0 Å². The van der Waals surface area contributed by atoms with E-state index in [0.717, 1.165) is 0 Å². The van der Waals surface area contributed by atoms with Crippen LogP contribution in [0.3, 0.4) is 0 Å². The van der Waals surface area contributed by atoms with E-state index in [0.29, 0.717) is 16.7 Å². The van der Waals surface area contributed by atoms with Crippen molar-refractivity contribution in [1.29, 1.82) is 0 Å². The van der Waals surface area contributed by atoms with Crippen LogP contribution < -0.4 is 5.76 Å². The van der Waals surface area contributed by atoms with Crippen molar-refractivity contribution in [2.24, 2.45) is 0 Å². The van der Waals surface area contributed by atoms with Gasteiger partial charge in [-0.2, -0.15) is 0 Å². The highest BCUT2D eigenvalue weighted by Crippen LogP contribution is 2.33. The summed E-state index contributed by atoms with van der Waals surface area (Å²) in [7, 11) is 0. The van der Waals surface area contributed by atoms with E-state index in [9.17, 15) is 14.7 Å². The zero-order valence-corrected chi connectivity index (χ0v) is 8.73. The van der Waals surface area contributed by atoms with E-state index < -0.39 is 17.1 Å². The lowest BCUT2D eigenvalue weighted by molar-refractivity contribution is -0.163. The van der Waals surface area contributed by atoms with Gasteiger partial charge in [-0.15, -0.1) is 0 Å². The SMILES string of the molecule is O=C(O)C1(c2ccc3[nH]c(=O)oc3c2)COC1. The van der Waals surface area contributed by atoms with Crippen molar-refractivity contribution in [3.63, 3.8) is 0 Å². The zero-order chi connectivity index (χ0) is 12.0. The first-order valence-corrected chi connectivity index (χ1v) is 5.06. The number of aliphatic carboxylic acids is 1. The van der Waals surface area contributed by atoms with Crippen molar-refractivity contribution in [3.8, 4) is 0 Å². The first kappa shape index (κ1) is 10.1. The molecule has 1 aliphatic heterocycles. The molecule has 1 aromatic heterocycles. The fraction of sp³-hybridized carbons (Fsp3) is 0.273. The van der Waals surface area contributed by atoms with Gasteiger partial charge in [0, 0.05) is 0 Å². The summed E-state index contributed by atoms with van der Waals surface area (Å²) < 4.78 is 9.90. The number of carboxylic acids is 1. The number of H-pyrrole nitrogens is 1. The lowest BCUT2D eigenvalue weighted by atomic mass is 9.79. The lowest BCUT2D eigenvalue weighted by Crippen LogP contribution is -2.53. The third-order valence-corrected chi connectivity index (χ3v) is 3.08. The molecule has 1 fully saturated rings. The lowest BCUT2D eigenvalue weighted by Gasteiger charge is -2.37. The summed E-state index contributed by atoms with van der Waals surface area (Å²) in [6.45, 7) is 0.283. The Labute approximate surface area is 94.8 Å². The van der Waals surface area contributed by atoms with Crippen LogP contribution in [0.25, 0.3) is 11.1 Å². The first-order valence-electron chi connectivity index (χ1n) is 5.06. The Bertz CT molecular complexity index is 649. The van der Waals surface area contributed by atoms with E-state index in [1.54, 1.807) is 18.2 Å². The number of carboxylic acid groups (broad SMARTS) is 1. The average molecular weight is 235 g/mol. The number of rotatable bonds is 2. The second-order valence-electron chi connectivity index (χ2n) is 4.11. The first-order chi connectivity index (χ1) is 8.12. The van der Waals surface area contributed by atoms with Crippen LogP contribution in [0.4, 0.5) is 0 Å². The van der Waals surface area contributed by atoms with Crippen LogP contribution >= 0.6 is 0 Å². The third-order valence-electron chi connectivity index (χ3n) is 3.08. The second kappa shape index (κ2) is 3.21. The molecule has 0 atom stereocenters. The molecule has 0 spiro atoms. The summed E-state index contributed by atoms with van der Waals surface area (Å²) in [5, 5.41) is 9.23. The molecule has 17 heavy (non-hydrogen) atoms. The summed E-state index contributed by atoms with van der Waals surface area (Å²) in [6, 6.07) is 4.88. The average Bonchev–Trinajstić information content (AvgIpc) is 2.54. The van der Waals surface area contributed by atoms with Crippen molar-refractivity contribution >= 4 is 17.1 Å². The van der Waals surface area contributed by atoms with Crippen molar-refractivity contribution in [2.45, 2.75) is 5.41 Å². The van der Waals surface area contributed by atoms with E-state index in [1.165, 1.54) is 0 Å². The third kappa shape index (κ3) is 1.31. The molecule has 88 valence electrons. The zero-order valence-electron chi connectivity index (χ0n) is 8.73. The van der Waals surface area contributed by atoms with E-state index in [4.69, 9.17) is 9.15 Å². The Balaban J connectivity index is 2.17. The number of benzene rings is 1. The molecule has 3 rings (SSSR count). The number of aromatic amines is 1. The van der Waals surface area contributed by atoms with Crippen LogP contribution in [0.5, 0.6) is 0 Å². The van der Waals surface area contributed by atoms with Gasteiger partial charge in [0.1, 0.15) is 5.41 Å². The Kier molecular flexibility index (Phi) is 1.90. The van der Waals surface area contributed by atoms with Gasteiger partial charge in [-0.3, -0.25) is 9.78 Å². The molecule has 2 N–H and O–H groups in total.